The molecule has 0 saturated heterocycles. The van der Waals surface area contributed by atoms with Crippen molar-refractivity contribution >= 4 is 17.5 Å². The smallest absolute Gasteiger partial charge is 0.255 e. The average molecular weight is 355 g/mol. The molecule has 3 heterocycles. The van der Waals surface area contributed by atoms with E-state index in [9.17, 15) is 9.59 Å². The Hall–Kier alpha value is -2.86. The zero-order chi connectivity index (χ0) is 17.4. The fourth-order valence-corrected chi connectivity index (χ4v) is 3.06. The van der Waals surface area contributed by atoms with Crippen LogP contribution in [-0.4, -0.2) is 32.3 Å². The lowest BCUT2D eigenvalue weighted by molar-refractivity contribution is 0.0731. The third-order valence-corrected chi connectivity index (χ3v) is 4.52. The Bertz CT molecular complexity index is 971. The molecule has 7 heteroatoms. The van der Waals surface area contributed by atoms with E-state index < -0.39 is 0 Å². The van der Waals surface area contributed by atoms with Crippen LogP contribution in [0.3, 0.4) is 0 Å². The van der Waals surface area contributed by atoms with Crippen molar-refractivity contribution in [1.29, 1.82) is 0 Å². The molecule has 0 aliphatic carbocycles. The lowest BCUT2D eigenvalue weighted by Gasteiger charge is -2.26. The Kier molecular flexibility index (Phi) is 3.89. The summed E-state index contributed by atoms with van der Waals surface area (Å²) in [5, 5.41) is 0.678. The zero-order valence-corrected chi connectivity index (χ0v) is 14.0. The predicted molar refractivity (Wildman–Crippen MR) is 94.5 cm³/mol. The van der Waals surface area contributed by atoms with Crippen LogP contribution >= 0.6 is 11.6 Å². The standard InChI is InChI=1S/C18H15ClN4O2/c19-13-4-1-11(2-5-13)17-21-14-7-8-23(10-15(14)22-17)18(25)12-3-6-16(24)20-9-12/h1-6,9H,7-8,10H2,(H,20,24)(H,21,22). The largest absolute Gasteiger partial charge is 0.340 e. The average Bonchev–Trinajstić information content (AvgIpc) is 3.05. The highest BCUT2D eigenvalue weighted by Crippen LogP contribution is 2.24. The third kappa shape index (κ3) is 3.08. The molecule has 2 aromatic heterocycles. The first-order valence-corrected chi connectivity index (χ1v) is 8.29. The summed E-state index contributed by atoms with van der Waals surface area (Å²) < 4.78 is 0. The fraction of sp³-hybridized carbons (Fsp3) is 0.167. The van der Waals surface area contributed by atoms with E-state index in [1.807, 2.05) is 24.3 Å². The molecule has 0 unspecified atom stereocenters. The van der Waals surface area contributed by atoms with Crippen LogP contribution in [0, 0.1) is 0 Å². The Labute approximate surface area is 148 Å². The Morgan fingerprint density at radius 3 is 2.68 bits per heavy atom. The topological polar surface area (TPSA) is 81.8 Å². The maximum absolute atomic E-state index is 12.6. The second kappa shape index (κ2) is 6.22. The fourth-order valence-electron chi connectivity index (χ4n) is 2.94. The van der Waals surface area contributed by atoms with Gasteiger partial charge in [0, 0.05) is 35.8 Å². The van der Waals surface area contributed by atoms with Crippen molar-refractivity contribution in [3.8, 4) is 11.4 Å². The quantitative estimate of drug-likeness (QED) is 0.742. The zero-order valence-electron chi connectivity index (χ0n) is 13.3. The van der Waals surface area contributed by atoms with Gasteiger partial charge in [0.2, 0.25) is 5.56 Å². The van der Waals surface area contributed by atoms with Crippen molar-refractivity contribution in [2.75, 3.05) is 6.54 Å². The second-order valence-corrected chi connectivity index (χ2v) is 6.37. The number of aromatic nitrogens is 3. The van der Waals surface area contributed by atoms with Gasteiger partial charge in [-0.25, -0.2) is 4.98 Å². The summed E-state index contributed by atoms with van der Waals surface area (Å²) in [7, 11) is 0. The molecule has 1 aliphatic rings. The van der Waals surface area contributed by atoms with Crippen LogP contribution in [0.15, 0.2) is 47.4 Å². The Morgan fingerprint density at radius 1 is 1.16 bits per heavy atom. The molecule has 1 aliphatic heterocycles. The highest BCUT2D eigenvalue weighted by atomic mass is 35.5. The number of H-pyrrole nitrogens is 2. The van der Waals surface area contributed by atoms with E-state index in [0.29, 0.717) is 30.1 Å². The van der Waals surface area contributed by atoms with Crippen molar-refractivity contribution in [2.45, 2.75) is 13.0 Å². The van der Waals surface area contributed by atoms with Crippen LogP contribution in [0.5, 0.6) is 0 Å². The number of amides is 1. The van der Waals surface area contributed by atoms with E-state index in [0.717, 1.165) is 22.8 Å². The van der Waals surface area contributed by atoms with Crippen LogP contribution in [0.1, 0.15) is 21.7 Å². The molecule has 0 spiro atoms. The lowest BCUT2D eigenvalue weighted by atomic mass is 10.1. The minimum absolute atomic E-state index is 0.107. The first-order chi connectivity index (χ1) is 12.1. The minimum Gasteiger partial charge on any atom is -0.340 e. The number of aromatic amines is 2. The van der Waals surface area contributed by atoms with Crippen LogP contribution in [0.4, 0.5) is 0 Å². The lowest BCUT2D eigenvalue weighted by Crippen LogP contribution is -2.36. The van der Waals surface area contributed by atoms with Gasteiger partial charge in [0.15, 0.2) is 0 Å². The van der Waals surface area contributed by atoms with Gasteiger partial charge in [-0.05, 0) is 30.3 Å². The van der Waals surface area contributed by atoms with Gasteiger partial charge in [-0.15, -0.1) is 0 Å². The molecule has 0 saturated carbocycles. The molecule has 2 N–H and O–H groups in total. The summed E-state index contributed by atoms with van der Waals surface area (Å²) in [5.41, 5.74) is 3.13. The van der Waals surface area contributed by atoms with Crippen molar-refractivity contribution in [3.05, 3.63) is 74.9 Å². The predicted octanol–water partition coefficient (Wildman–Crippen LogP) is 2.62. The van der Waals surface area contributed by atoms with E-state index in [1.165, 1.54) is 12.3 Å². The maximum atomic E-state index is 12.6. The molecular weight excluding hydrogens is 340 g/mol. The monoisotopic (exact) mass is 354 g/mol. The highest BCUT2D eigenvalue weighted by Gasteiger charge is 2.24. The van der Waals surface area contributed by atoms with Gasteiger partial charge in [0.1, 0.15) is 5.82 Å². The maximum Gasteiger partial charge on any atom is 0.255 e. The Morgan fingerprint density at radius 2 is 1.96 bits per heavy atom. The van der Waals surface area contributed by atoms with E-state index in [1.54, 1.807) is 11.0 Å². The van der Waals surface area contributed by atoms with Crippen LogP contribution in [0.25, 0.3) is 11.4 Å². The molecule has 3 aromatic rings. The first kappa shape index (κ1) is 15.7. The number of benzene rings is 1. The van der Waals surface area contributed by atoms with Crippen molar-refractivity contribution < 1.29 is 4.79 Å². The number of carbonyl (C=O) groups is 1. The number of nitrogens with one attached hydrogen (secondary N) is 2. The number of pyridine rings is 1. The summed E-state index contributed by atoms with van der Waals surface area (Å²) >= 11 is 5.93. The van der Waals surface area contributed by atoms with Crippen LogP contribution in [-0.2, 0) is 13.0 Å². The van der Waals surface area contributed by atoms with Gasteiger partial charge in [-0.2, -0.15) is 0 Å². The number of nitrogens with zero attached hydrogens (tertiary/aromatic N) is 2. The van der Waals surface area contributed by atoms with E-state index in [4.69, 9.17) is 11.6 Å². The van der Waals surface area contributed by atoms with Crippen molar-refractivity contribution in [1.82, 2.24) is 19.9 Å². The number of rotatable bonds is 2. The summed E-state index contributed by atoms with van der Waals surface area (Å²) in [6, 6.07) is 10.4. The van der Waals surface area contributed by atoms with Crippen LogP contribution in [0.2, 0.25) is 5.02 Å². The summed E-state index contributed by atoms with van der Waals surface area (Å²) in [6.07, 6.45) is 2.14. The number of carbonyl (C=O) groups excluding carboxylic acids is 1. The Balaban J connectivity index is 1.57. The molecule has 1 aromatic carbocycles. The minimum atomic E-state index is -0.223. The van der Waals surface area contributed by atoms with Gasteiger partial charge in [0.05, 0.1) is 23.5 Å². The second-order valence-electron chi connectivity index (χ2n) is 5.94. The molecule has 6 nitrogen and oxygen atoms in total. The van der Waals surface area contributed by atoms with Crippen molar-refractivity contribution in [2.24, 2.45) is 0 Å². The molecule has 4 rings (SSSR count). The molecule has 1 amide bonds. The number of hydrogen-bond acceptors (Lipinski definition) is 3. The van der Waals surface area contributed by atoms with Gasteiger partial charge in [-0.1, -0.05) is 11.6 Å². The molecular formula is C18H15ClN4O2. The third-order valence-electron chi connectivity index (χ3n) is 4.27. The summed E-state index contributed by atoms with van der Waals surface area (Å²) in [5.74, 6) is 0.671. The SMILES string of the molecule is O=C(c1ccc(=O)[nH]c1)N1CCc2nc(-c3ccc(Cl)cc3)[nH]c2C1. The van der Waals surface area contributed by atoms with E-state index in [2.05, 4.69) is 15.0 Å². The summed E-state index contributed by atoms with van der Waals surface area (Å²) in [4.78, 5) is 36.0. The molecule has 25 heavy (non-hydrogen) atoms. The van der Waals surface area contributed by atoms with Gasteiger partial charge in [0.25, 0.3) is 5.91 Å². The molecule has 0 bridgehead atoms. The molecule has 0 radical (unpaired) electrons. The number of fused-ring (bicyclic) bond motifs is 1. The number of halogens is 1. The first-order valence-electron chi connectivity index (χ1n) is 7.92. The van der Waals surface area contributed by atoms with Crippen molar-refractivity contribution in [3.63, 3.8) is 0 Å². The normalized spacial score (nSPS) is 13.6. The number of hydrogen-bond donors (Lipinski definition) is 2. The number of imidazole rings is 1. The van der Waals surface area contributed by atoms with E-state index in [-0.39, 0.29) is 11.5 Å². The van der Waals surface area contributed by atoms with Gasteiger partial charge in [-0.3, -0.25) is 9.59 Å². The molecule has 126 valence electrons. The molecule has 0 fully saturated rings. The van der Waals surface area contributed by atoms with Gasteiger partial charge >= 0.3 is 0 Å². The van der Waals surface area contributed by atoms with Crippen LogP contribution < -0.4 is 5.56 Å². The highest BCUT2D eigenvalue weighted by molar-refractivity contribution is 6.30. The molecule has 0 atom stereocenters. The van der Waals surface area contributed by atoms with E-state index >= 15 is 0 Å². The van der Waals surface area contributed by atoms with Gasteiger partial charge < -0.3 is 14.9 Å². The summed E-state index contributed by atoms with van der Waals surface area (Å²) in [6.45, 7) is 1.06.